The summed E-state index contributed by atoms with van der Waals surface area (Å²) in [5, 5.41) is 2.55. The summed E-state index contributed by atoms with van der Waals surface area (Å²) in [6, 6.07) is 4.63. The van der Waals surface area contributed by atoms with Crippen LogP contribution in [0.15, 0.2) is 18.2 Å². The Balaban J connectivity index is 3.23. The second-order valence-corrected chi connectivity index (χ2v) is 3.59. The van der Waals surface area contributed by atoms with Crippen molar-refractivity contribution in [2.45, 2.75) is 20.8 Å². The van der Waals surface area contributed by atoms with Crippen LogP contribution in [0.5, 0.6) is 0 Å². The molecular weight excluding hydrogens is 206 g/mol. The van der Waals surface area contributed by atoms with Crippen molar-refractivity contribution >= 4 is 23.2 Å². The highest BCUT2D eigenvalue weighted by Gasteiger charge is 2.08. The normalized spacial score (nSPS) is 9.69. The van der Waals surface area contributed by atoms with E-state index in [1.165, 1.54) is 26.8 Å². The van der Waals surface area contributed by atoms with Crippen LogP contribution in [0.3, 0.4) is 0 Å². The zero-order valence-electron chi connectivity index (χ0n) is 9.46. The lowest BCUT2D eigenvalue weighted by atomic mass is 10.0. The molecule has 1 aromatic carbocycles. The Hall–Kier alpha value is -1.97. The average molecular weight is 219 g/mol. The van der Waals surface area contributed by atoms with Gasteiger partial charge in [0.05, 0.1) is 0 Å². The number of Topliss-reactive ketones (excluding diaryl/α,β-unsaturated/α-hetero) is 2. The predicted octanol–water partition coefficient (Wildman–Crippen LogP) is 2.05. The molecule has 0 heterocycles. The third-order valence-electron chi connectivity index (χ3n) is 2.07. The molecule has 84 valence electrons. The lowest BCUT2D eigenvalue weighted by molar-refractivity contribution is -0.114. The minimum absolute atomic E-state index is 0.144. The van der Waals surface area contributed by atoms with Gasteiger partial charge in [0.1, 0.15) is 0 Å². The first-order chi connectivity index (χ1) is 7.40. The minimum Gasteiger partial charge on any atom is -0.326 e. The molecule has 0 fully saturated rings. The number of ketones is 2. The van der Waals surface area contributed by atoms with Gasteiger partial charge in [-0.05, 0) is 32.0 Å². The maximum absolute atomic E-state index is 11.2. The first-order valence-corrected chi connectivity index (χ1v) is 4.84. The summed E-state index contributed by atoms with van der Waals surface area (Å²) in [5.41, 5.74) is 1.29. The Morgan fingerprint density at radius 2 is 1.31 bits per heavy atom. The summed E-state index contributed by atoms with van der Waals surface area (Å²) in [6.45, 7) is 4.20. The fourth-order valence-corrected chi connectivity index (χ4v) is 1.31. The van der Waals surface area contributed by atoms with Crippen LogP contribution in [0.2, 0.25) is 0 Å². The number of amides is 1. The van der Waals surface area contributed by atoms with Crippen LogP contribution < -0.4 is 5.32 Å². The summed E-state index contributed by atoms with van der Waals surface area (Å²) in [6.07, 6.45) is 0. The first kappa shape index (κ1) is 12.1. The van der Waals surface area contributed by atoms with Gasteiger partial charge in [-0.2, -0.15) is 0 Å². The number of nitrogens with one attached hydrogen (secondary N) is 1. The summed E-state index contributed by atoms with van der Waals surface area (Å²) >= 11 is 0. The number of hydrogen-bond donors (Lipinski definition) is 1. The van der Waals surface area contributed by atoms with Gasteiger partial charge >= 0.3 is 0 Å². The van der Waals surface area contributed by atoms with Gasteiger partial charge in [-0.25, -0.2) is 0 Å². The molecule has 0 saturated carbocycles. The van der Waals surface area contributed by atoms with Crippen LogP contribution in [0.1, 0.15) is 41.5 Å². The monoisotopic (exact) mass is 219 g/mol. The van der Waals surface area contributed by atoms with Crippen LogP contribution >= 0.6 is 0 Å². The molecule has 1 rings (SSSR count). The van der Waals surface area contributed by atoms with E-state index in [1.54, 1.807) is 12.1 Å². The molecule has 1 N–H and O–H groups in total. The number of rotatable bonds is 3. The van der Waals surface area contributed by atoms with E-state index in [-0.39, 0.29) is 17.5 Å². The SMILES string of the molecule is CC(=O)Nc1cc(C(C)=O)cc(C(C)=O)c1. The Bertz CT molecular complexity index is 431. The van der Waals surface area contributed by atoms with Gasteiger partial charge in [0.2, 0.25) is 5.91 Å². The molecule has 1 aromatic rings. The second-order valence-electron chi connectivity index (χ2n) is 3.59. The van der Waals surface area contributed by atoms with Crippen LogP contribution in [0.4, 0.5) is 5.69 Å². The highest BCUT2D eigenvalue weighted by molar-refractivity contribution is 6.02. The van der Waals surface area contributed by atoms with E-state index in [2.05, 4.69) is 5.32 Å². The average Bonchev–Trinajstić information content (AvgIpc) is 2.15. The summed E-state index contributed by atoms with van der Waals surface area (Å²) in [7, 11) is 0. The third-order valence-corrected chi connectivity index (χ3v) is 2.07. The second kappa shape index (κ2) is 4.70. The Labute approximate surface area is 93.7 Å². The van der Waals surface area contributed by atoms with E-state index in [4.69, 9.17) is 0 Å². The molecule has 0 aliphatic heterocycles. The molecule has 0 unspecified atom stereocenters. The zero-order valence-corrected chi connectivity index (χ0v) is 9.46. The van der Waals surface area contributed by atoms with Gasteiger partial charge < -0.3 is 5.32 Å². The molecule has 0 atom stereocenters. The van der Waals surface area contributed by atoms with E-state index in [0.29, 0.717) is 16.8 Å². The smallest absolute Gasteiger partial charge is 0.221 e. The molecular formula is C12H13NO3. The minimum atomic E-state index is -0.241. The van der Waals surface area contributed by atoms with Crippen LogP contribution in [0.25, 0.3) is 0 Å². The van der Waals surface area contributed by atoms with Crippen molar-refractivity contribution in [3.8, 4) is 0 Å². The van der Waals surface area contributed by atoms with Crippen molar-refractivity contribution in [1.29, 1.82) is 0 Å². The van der Waals surface area contributed by atoms with Crippen molar-refractivity contribution in [2.75, 3.05) is 5.32 Å². The molecule has 0 radical (unpaired) electrons. The topological polar surface area (TPSA) is 63.2 Å². The van der Waals surface area contributed by atoms with E-state index in [0.717, 1.165) is 0 Å². The number of benzene rings is 1. The van der Waals surface area contributed by atoms with Gasteiger partial charge in [-0.3, -0.25) is 14.4 Å². The van der Waals surface area contributed by atoms with E-state index < -0.39 is 0 Å². The molecule has 0 aliphatic rings. The molecule has 4 nitrogen and oxygen atoms in total. The molecule has 0 spiro atoms. The summed E-state index contributed by atoms with van der Waals surface area (Å²) in [5.74, 6) is -0.528. The predicted molar refractivity (Wildman–Crippen MR) is 60.8 cm³/mol. The summed E-state index contributed by atoms with van der Waals surface area (Å²) < 4.78 is 0. The fourth-order valence-electron chi connectivity index (χ4n) is 1.31. The summed E-state index contributed by atoms with van der Waals surface area (Å²) in [4.78, 5) is 33.4. The van der Waals surface area contributed by atoms with Crippen LogP contribution in [0, 0.1) is 0 Å². The lowest BCUT2D eigenvalue weighted by Crippen LogP contribution is -2.08. The Kier molecular flexibility index (Phi) is 3.55. The molecule has 1 amide bonds. The molecule has 0 bridgehead atoms. The van der Waals surface area contributed by atoms with Crippen molar-refractivity contribution in [3.05, 3.63) is 29.3 Å². The molecule has 16 heavy (non-hydrogen) atoms. The van der Waals surface area contributed by atoms with Crippen molar-refractivity contribution < 1.29 is 14.4 Å². The maximum atomic E-state index is 11.2. The van der Waals surface area contributed by atoms with Gasteiger partial charge in [-0.15, -0.1) is 0 Å². The number of anilines is 1. The Morgan fingerprint density at radius 1 is 0.875 bits per heavy atom. The van der Waals surface area contributed by atoms with Gasteiger partial charge in [0, 0.05) is 23.7 Å². The van der Waals surface area contributed by atoms with Gasteiger partial charge in [0.15, 0.2) is 11.6 Å². The van der Waals surface area contributed by atoms with Crippen LogP contribution in [-0.2, 0) is 4.79 Å². The number of carbonyl (C=O) groups is 3. The number of carbonyl (C=O) groups excluding carboxylic acids is 3. The van der Waals surface area contributed by atoms with Crippen molar-refractivity contribution in [2.24, 2.45) is 0 Å². The lowest BCUT2D eigenvalue weighted by Gasteiger charge is -2.06. The van der Waals surface area contributed by atoms with Gasteiger partial charge in [0.25, 0.3) is 0 Å². The fraction of sp³-hybridized carbons (Fsp3) is 0.250. The van der Waals surface area contributed by atoms with Gasteiger partial charge in [-0.1, -0.05) is 0 Å². The largest absolute Gasteiger partial charge is 0.326 e. The number of hydrogen-bond acceptors (Lipinski definition) is 3. The van der Waals surface area contributed by atoms with Crippen molar-refractivity contribution in [3.63, 3.8) is 0 Å². The Morgan fingerprint density at radius 3 is 1.62 bits per heavy atom. The van der Waals surface area contributed by atoms with Crippen LogP contribution in [-0.4, -0.2) is 17.5 Å². The highest BCUT2D eigenvalue weighted by atomic mass is 16.1. The maximum Gasteiger partial charge on any atom is 0.221 e. The molecule has 0 aromatic heterocycles. The van der Waals surface area contributed by atoms with E-state index in [1.807, 2.05) is 0 Å². The molecule has 0 saturated heterocycles. The third kappa shape index (κ3) is 3.02. The first-order valence-electron chi connectivity index (χ1n) is 4.84. The zero-order chi connectivity index (χ0) is 12.3. The van der Waals surface area contributed by atoms with E-state index in [9.17, 15) is 14.4 Å². The standard InChI is InChI=1S/C12H13NO3/c1-7(14)10-4-11(8(2)15)6-12(5-10)13-9(3)16/h4-6H,1-3H3,(H,13,16). The molecule has 0 aliphatic carbocycles. The molecule has 4 heteroatoms. The van der Waals surface area contributed by atoms with E-state index >= 15 is 0 Å². The highest BCUT2D eigenvalue weighted by Crippen LogP contribution is 2.16. The quantitative estimate of drug-likeness (QED) is 0.791. The van der Waals surface area contributed by atoms with Crippen molar-refractivity contribution in [1.82, 2.24) is 0 Å².